The maximum Gasteiger partial charge on any atom is 0.349 e. The zero-order valence-corrected chi connectivity index (χ0v) is 17.5. The molecule has 28 heavy (non-hydrogen) atoms. The third-order valence-electron chi connectivity index (χ3n) is 4.34. The fourth-order valence-corrected chi connectivity index (χ4v) is 5.61. The van der Waals surface area contributed by atoms with Gasteiger partial charge >= 0.3 is 5.97 Å². The summed E-state index contributed by atoms with van der Waals surface area (Å²) in [6.07, 6.45) is 0.788. The molecule has 0 radical (unpaired) electrons. The van der Waals surface area contributed by atoms with Gasteiger partial charge in [-0.15, -0.1) is 11.3 Å². The highest BCUT2D eigenvalue weighted by Crippen LogP contribution is 2.37. The van der Waals surface area contributed by atoms with Crippen LogP contribution in [0.1, 0.15) is 27.7 Å². The van der Waals surface area contributed by atoms with Gasteiger partial charge in [-0.25, -0.2) is 13.2 Å². The van der Waals surface area contributed by atoms with Crippen molar-refractivity contribution in [1.29, 1.82) is 0 Å². The molecular weight excluding hydrogens is 394 g/mol. The summed E-state index contributed by atoms with van der Waals surface area (Å²) in [5.74, 6) is -0.675. The molecule has 146 valence electrons. The molecular formula is C21H21NO4S2. The van der Waals surface area contributed by atoms with Gasteiger partial charge in [-0.2, -0.15) is 0 Å². The van der Waals surface area contributed by atoms with Crippen molar-refractivity contribution < 1.29 is 17.9 Å². The molecule has 3 rings (SSSR count). The molecule has 0 spiro atoms. The molecule has 0 aliphatic carbocycles. The molecule has 0 saturated heterocycles. The second-order valence-corrected chi connectivity index (χ2v) is 8.82. The number of benzene rings is 2. The van der Waals surface area contributed by atoms with Gasteiger partial charge in [0.05, 0.1) is 7.11 Å². The number of esters is 1. The molecule has 0 unspecified atom stereocenters. The first-order valence-electron chi connectivity index (χ1n) is 8.74. The molecule has 0 atom stereocenters. The molecule has 1 heterocycles. The van der Waals surface area contributed by atoms with Crippen LogP contribution in [0, 0.1) is 6.92 Å². The van der Waals surface area contributed by atoms with Crippen molar-refractivity contribution in [1.82, 2.24) is 0 Å². The number of aryl methyl sites for hydroxylation is 2. The van der Waals surface area contributed by atoms with Crippen molar-refractivity contribution in [3.63, 3.8) is 0 Å². The lowest BCUT2D eigenvalue weighted by atomic mass is 10.1. The second kappa shape index (κ2) is 8.16. The van der Waals surface area contributed by atoms with Crippen LogP contribution in [0.5, 0.6) is 0 Å². The van der Waals surface area contributed by atoms with E-state index in [1.54, 1.807) is 23.6 Å². The third-order valence-corrected chi connectivity index (χ3v) is 6.89. The molecule has 2 aromatic carbocycles. The average Bonchev–Trinajstić information content (AvgIpc) is 3.14. The van der Waals surface area contributed by atoms with E-state index < -0.39 is 16.0 Å². The molecule has 3 aromatic rings. The van der Waals surface area contributed by atoms with Crippen molar-refractivity contribution in [3.8, 4) is 11.1 Å². The van der Waals surface area contributed by atoms with E-state index in [1.807, 2.05) is 44.2 Å². The Morgan fingerprint density at radius 1 is 1.14 bits per heavy atom. The quantitative estimate of drug-likeness (QED) is 0.583. The lowest BCUT2D eigenvalue weighted by Crippen LogP contribution is -2.17. The van der Waals surface area contributed by atoms with Crippen LogP contribution in [0.4, 0.5) is 5.69 Å². The SMILES string of the molecule is CCc1cccc(NS(=O)(=O)c2c(-c3ccc(C)cc3)csc2C(=O)OC)c1. The molecule has 1 N–H and O–H groups in total. The molecule has 0 aliphatic rings. The third kappa shape index (κ3) is 4.10. The number of nitrogens with one attached hydrogen (secondary N) is 1. The lowest BCUT2D eigenvalue weighted by molar-refractivity contribution is 0.0602. The van der Waals surface area contributed by atoms with Crippen LogP contribution in [0.3, 0.4) is 0 Å². The van der Waals surface area contributed by atoms with E-state index in [2.05, 4.69) is 4.72 Å². The van der Waals surface area contributed by atoms with Crippen molar-refractivity contribution in [2.75, 3.05) is 11.8 Å². The minimum atomic E-state index is -4.01. The highest BCUT2D eigenvalue weighted by atomic mass is 32.2. The monoisotopic (exact) mass is 415 g/mol. The van der Waals surface area contributed by atoms with E-state index in [1.165, 1.54) is 7.11 Å². The number of thiophene rings is 1. The number of methoxy groups -OCH3 is 1. The number of sulfonamides is 1. The minimum Gasteiger partial charge on any atom is -0.465 e. The average molecular weight is 416 g/mol. The van der Waals surface area contributed by atoms with Crippen molar-refractivity contribution in [2.24, 2.45) is 0 Å². The second-order valence-electron chi connectivity index (χ2n) is 6.32. The summed E-state index contributed by atoms with van der Waals surface area (Å²) in [7, 11) is -2.77. The van der Waals surface area contributed by atoms with Crippen LogP contribution in [0.2, 0.25) is 0 Å². The van der Waals surface area contributed by atoms with Crippen molar-refractivity contribution in [3.05, 3.63) is 69.9 Å². The van der Waals surface area contributed by atoms with E-state index in [4.69, 9.17) is 4.74 Å². The summed E-state index contributed by atoms with van der Waals surface area (Å²) >= 11 is 1.06. The lowest BCUT2D eigenvalue weighted by Gasteiger charge is -2.12. The highest BCUT2D eigenvalue weighted by molar-refractivity contribution is 7.93. The largest absolute Gasteiger partial charge is 0.465 e. The molecule has 0 amide bonds. The summed E-state index contributed by atoms with van der Waals surface area (Å²) in [5.41, 5.74) is 3.73. The Balaban J connectivity index is 2.12. The zero-order valence-electron chi connectivity index (χ0n) is 15.9. The van der Waals surface area contributed by atoms with Crippen LogP contribution in [0.25, 0.3) is 11.1 Å². The van der Waals surface area contributed by atoms with Gasteiger partial charge in [0.2, 0.25) is 0 Å². The number of hydrogen-bond donors (Lipinski definition) is 1. The molecule has 5 nitrogen and oxygen atoms in total. The summed E-state index contributed by atoms with van der Waals surface area (Å²) in [5, 5.41) is 1.67. The Morgan fingerprint density at radius 2 is 1.86 bits per heavy atom. The van der Waals surface area contributed by atoms with Gasteiger partial charge < -0.3 is 4.74 Å². The summed E-state index contributed by atoms with van der Waals surface area (Å²) in [4.78, 5) is 12.2. The number of hydrogen-bond acceptors (Lipinski definition) is 5. The van der Waals surface area contributed by atoms with Crippen LogP contribution < -0.4 is 4.72 Å². The smallest absolute Gasteiger partial charge is 0.349 e. The Labute approximate surface area is 169 Å². The van der Waals surface area contributed by atoms with Crippen molar-refractivity contribution >= 4 is 33.0 Å². The van der Waals surface area contributed by atoms with E-state index in [-0.39, 0.29) is 9.77 Å². The van der Waals surface area contributed by atoms with E-state index in [0.29, 0.717) is 11.3 Å². The van der Waals surface area contributed by atoms with Gasteiger partial charge in [-0.3, -0.25) is 4.72 Å². The normalized spacial score (nSPS) is 11.2. The van der Waals surface area contributed by atoms with Crippen LogP contribution in [-0.4, -0.2) is 21.5 Å². The fraction of sp³-hybridized carbons (Fsp3) is 0.190. The molecule has 0 saturated carbocycles. The summed E-state index contributed by atoms with van der Waals surface area (Å²) < 4.78 is 33.9. The fourth-order valence-electron chi connectivity index (χ4n) is 2.84. The Kier molecular flexibility index (Phi) is 5.86. The predicted molar refractivity (Wildman–Crippen MR) is 112 cm³/mol. The standard InChI is InChI=1S/C21H21NO4S2/c1-4-15-6-5-7-17(12-15)22-28(24,25)20-18(13-27-19(20)21(23)26-3)16-10-8-14(2)9-11-16/h5-13,22H,4H2,1-3H3. The van der Waals surface area contributed by atoms with Gasteiger partial charge in [0.1, 0.15) is 9.77 Å². The first-order chi connectivity index (χ1) is 13.4. The van der Waals surface area contributed by atoms with Crippen molar-refractivity contribution in [2.45, 2.75) is 25.2 Å². The molecule has 1 aromatic heterocycles. The van der Waals surface area contributed by atoms with Gasteiger partial charge in [-0.1, -0.05) is 48.9 Å². The minimum absolute atomic E-state index is 0.0530. The maximum atomic E-state index is 13.3. The Hall–Kier alpha value is -2.64. The van der Waals surface area contributed by atoms with Gasteiger partial charge in [-0.05, 0) is 36.6 Å². The zero-order chi connectivity index (χ0) is 20.3. The van der Waals surface area contributed by atoms with Gasteiger partial charge in [0.25, 0.3) is 10.0 Å². The number of anilines is 1. The first-order valence-corrected chi connectivity index (χ1v) is 11.1. The number of rotatable bonds is 6. The number of carbonyl (C=O) groups is 1. The number of ether oxygens (including phenoxy) is 1. The maximum absolute atomic E-state index is 13.3. The first kappa shape index (κ1) is 20.1. The predicted octanol–water partition coefficient (Wildman–Crippen LogP) is 4.87. The molecule has 0 fully saturated rings. The van der Waals surface area contributed by atoms with Crippen LogP contribution >= 0.6 is 11.3 Å². The van der Waals surface area contributed by atoms with E-state index >= 15 is 0 Å². The van der Waals surface area contributed by atoms with Gasteiger partial charge in [0.15, 0.2) is 0 Å². The molecule has 0 aliphatic heterocycles. The van der Waals surface area contributed by atoms with E-state index in [0.717, 1.165) is 34.4 Å². The van der Waals surface area contributed by atoms with Crippen LogP contribution in [0.15, 0.2) is 58.8 Å². The number of carbonyl (C=O) groups excluding carboxylic acids is 1. The Morgan fingerprint density at radius 3 is 2.50 bits per heavy atom. The summed E-state index contributed by atoms with van der Waals surface area (Å²) in [6, 6.07) is 14.7. The van der Waals surface area contributed by atoms with Gasteiger partial charge in [0, 0.05) is 16.6 Å². The molecule has 7 heteroatoms. The van der Waals surface area contributed by atoms with E-state index in [9.17, 15) is 13.2 Å². The molecule has 0 bridgehead atoms. The topological polar surface area (TPSA) is 72.5 Å². The summed E-state index contributed by atoms with van der Waals surface area (Å²) in [6.45, 7) is 3.95. The van der Waals surface area contributed by atoms with Crippen LogP contribution in [-0.2, 0) is 21.2 Å². The highest BCUT2D eigenvalue weighted by Gasteiger charge is 2.30. The Bertz CT molecular complexity index is 1100.